The lowest BCUT2D eigenvalue weighted by Gasteiger charge is -2.24. The minimum Gasteiger partial charge on any atom is -0.372 e. The quantitative estimate of drug-likeness (QED) is 0.634. The Labute approximate surface area is 184 Å². The molecule has 31 heavy (non-hydrogen) atoms. The van der Waals surface area contributed by atoms with E-state index in [-0.39, 0.29) is 24.1 Å². The van der Waals surface area contributed by atoms with Crippen LogP contribution in [0, 0.1) is 0 Å². The zero-order chi connectivity index (χ0) is 22.6. The molecule has 7 nitrogen and oxygen atoms in total. The van der Waals surface area contributed by atoms with Gasteiger partial charge >= 0.3 is 0 Å². The zero-order valence-corrected chi connectivity index (χ0v) is 19.0. The lowest BCUT2D eigenvalue weighted by atomic mass is 10.1. The maximum atomic E-state index is 12.7. The molecule has 1 aliphatic rings. The smallest absolute Gasteiger partial charge is 0.241 e. The summed E-state index contributed by atoms with van der Waals surface area (Å²) < 4.78 is 25.7. The molecule has 1 aliphatic heterocycles. The monoisotopic (exact) mass is 443 g/mol. The number of rotatable bonds is 8. The van der Waals surface area contributed by atoms with Gasteiger partial charge in [0.1, 0.15) is 6.54 Å². The highest BCUT2D eigenvalue weighted by Gasteiger charge is 2.22. The van der Waals surface area contributed by atoms with Crippen molar-refractivity contribution in [3.8, 4) is 0 Å². The van der Waals surface area contributed by atoms with Crippen LogP contribution in [-0.2, 0) is 14.8 Å². The summed E-state index contributed by atoms with van der Waals surface area (Å²) >= 11 is 0. The molecule has 166 valence electrons. The fourth-order valence-electron chi connectivity index (χ4n) is 3.73. The molecule has 1 saturated heterocycles. The predicted molar refractivity (Wildman–Crippen MR) is 123 cm³/mol. The van der Waals surface area contributed by atoms with Gasteiger partial charge in [-0.05, 0) is 56.5 Å². The van der Waals surface area contributed by atoms with Crippen LogP contribution >= 0.6 is 0 Å². The average Bonchev–Trinajstić information content (AvgIpc) is 3.26. The van der Waals surface area contributed by atoms with Gasteiger partial charge in [-0.25, -0.2) is 8.42 Å². The molecule has 1 N–H and O–H groups in total. The van der Waals surface area contributed by atoms with E-state index in [1.807, 2.05) is 19.1 Å². The molecule has 0 bridgehead atoms. The third-order valence-corrected chi connectivity index (χ3v) is 6.61. The summed E-state index contributed by atoms with van der Waals surface area (Å²) in [6.45, 7) is 5.04. The molecule has 0 saturated carbocycles. The van der Waals surface area contributed by atoms with Gasteiger partial charge in [0.15, 0.2) is 5.78 Å². The molecule has 2 aromatic carbocycles. The summed E-state index contributed by atoms with van der Waals surface area (Å²) in [6.07, 6.45) is 3.46. The summed E-state index contributed by atoms with van der Waals surface area (Å²) in [5, 5.41) is 2.87. The topological polar surface area (TPSA) is 86.8 Å². The molecule has 1 amide bonds. The van der Waals surface area contributed by atoms with Gasteiger partial charge in [-0.3, -0.25) is 13.9 Å². The van der Waals surface area contributed by atoms with E-state index in [0.29, 0.717) is 5.56 Å². The van der Waals surface area contributed by atoms with Crippen molar-refractivity contribution in [3.05, 3.63) is 59.7 Å². The number of hydrogen-bond acceptors (Lipinski definition) is 5. The molecule has 1 fully saturated rings. The number of hydrogen-bond donors (Lipinski definition) is 1. The van der Waals surface area contributed by atoms with Gasteiger partial charge in [0.2, 0.25) is 15.9 Å². The third kappa shape index (κ3) is 5.85. The largest absolute Gasteiger partial charge is 0.372 e. The van der Waals surface area contributed by atoms with Crippen molar-refractivity contribution in [2.75, 3.05) is 35.1 Å². The SMILES string of the molecule is CC(=O)c1cccc(N(CC(=O)NC(C)c2ccc(N3CCCC3)cc2)S(C)(=O)=O)c1. The van der Waals surface area contributed by atoms with E-state index in [1.165, 1.54) is 31.5 Å². The number of benzene rings is 2. The van der Waals surface area contributed by atoms with Crippen LogP contribution in [0.2, 0.25) is 0 Å². The van der Waals surface area contributed by atoms with Crippen LogP contribution in [-0.4, -0.2) is 46.0 Å². The Morgan fingerprint density at radius 1 is 1.10 bits per heavy atom. The van der Waals surface area contributed by atoms with E-state index in [0.717, 1.165) is 29.2 Å². The lowest BCUT2D eigenvalue weighted by molar-refractivity contribution is -0.120. The second-order valence-electron chi connectivity index (χ2n) is 7.95. The first kappa shape index (κ1) is 22.8. The van der Waals surface area contributed by atoms with Crippen LogP contribution in [0.25, 0.3) is 0 Å². The Balaban J connectivity index is 1.69. The maximum Gasteiger partial charge on any atom is 0.241 e. The molecule has 2 aromatic rings. The van der Waals surface area contributed by atoms with E-state index < -0.39 is 15.9 Å². The molecular weight excluding hydrogens is 414 g/mol. The van der Waals surface area contributed by atoms with Crippen molar-refractivity contribution >= 4 is 33.1 Å². The van der Waals surface area contributed by atoms with Gasteiger partial charge in [-0.15, -0.1) is 0 Å². The van der Waals surface area contributed by atoms with E-state index in [9.17, 15) is 18.0 Å². The standard InChI is InChI=1S/C23H29N3O4S/c1-17(19-9-11-21(12-10-19)25-13-4-5-14-25)24-23(28)16-26(31(3,29)30)22-8-6-7-20(15-22)18(2)27/h6-12,15,17H,4-5,13-14,16H2,1-3H3,(H,24,28). The maximum absolute atomic E-state index is 12.7. The fourth-order valence-corrected chi connectivity index (χ4v) is 4.58. The van der Waals surface area contributed by atoms with Crippen LogP contribution in [0.15, 0.2) is 48.5 Å². The fraction of sp³-hybridized carbons (Fsp3) is 0.391. The number of nitrogens with one attached hydrogen (secondary N) is 1. The Hall–Kier alpha value is -2.87. The summed E-state index contributed by atoms with van der Waals surface area (Å²) in [5.74, 6) is -0.597. The number of carbonyl (C=O) groups excluding carboxylic acids is 2. The first-order chi connectivity index (χ1) is 14.6. The van der Waals surface area contributed by atoms with Crippen LogP contribution in [0.5, 0.6) is 0 Å². The van der Waals surface area contributed by atoms with Crippen LogP contribution in [0.3, 0.4) is 0 Å². The Bertz CT molecular complexity index is 1040. The highest BCUT2D eigenvalue weighted by molar-refractivity contribution is 7.92. The van der Waals surface area contributed by atoms with Gasteiger partial charge in [0.25, 0.3) is 0 Å². The van der Waals surface area contributed by atoms with Crippen molar-refractivity contribution in [3.63, 3.8) is 0 Å². The van der Waals surface area contributed by atoms with Crippen molar-refractivity contribution in [2.45, 2.75) is 32.7 Å². The zero-order valence-electron chi connectivity index (χ0n) is 18.2. The minimum atomic E-state index is -3.72. The number of amides is 1. The van der Waals surface area contributed by atoms with E-state index in [2.05, 4.69) is 22.3 Å². The number of Topliss-reactive ketones (excluding diaryl/α,β-unsaturated/α-hetero) is 1. The number of carbonyl (C=O) groups is 2. The average molecular weight is 444 g/mol. The summed E-state index contributed by atoms with van der Waals surface area (Å²) in [6, 6.07) is 14.1. The molecule has 1 heterocycles. The number of nitrogens with zero attached hydrogens (tertiary/aromatic N) is 2. The highest BCUT2D eigenvalue weighted by atomic mass is 32.2. The number of ketones is 1. The Morgan fingerprint density at radius 3 is 2.32 bits per heavy atom. The molecule has 1 unspecified atom stereocenters. The molecule has 0 spiro atoms. The third-order valence-electron chi connectivity index (χ3n) is 5.47. The van der Waals surface area contributed by atoms with Crippen molar-refractivity contribution in [1.82, 2.24) is 5.32 Å². The van der Waals surface area contributed by atoms with Gasteiger partial charge < -0.3 is 10.2 Å². The minimum absolute atomic E-state index is 0.175. The van der Waals surface area contributed by atoms with Crippen molar-refractivity contribution in [2.24, 2.45) is 0 Å². The Kier molecular flexibility index (Phi) is 7.00. The molecular formula is C23H29N3O4S. The summed E-state index contributed by atoms with van der Waals surface area (Å²) in [7, 11) is -3.72. The van der Waals surface area contributed by atoms with Gasteiger partial charge in [0, 0.05) is 24.3 Å². The lowest BCUT2D eigenvalue weighted by Crippen LogP contribution is -2.41. The molecule has 1 atom stereocenters. The first-order valence-electron chi connectivity index (χ1n) is 10.4. The second kappa shape index (κ2) is 9.51. The molecule has 3 rings (SSSR count). The van der Waals surface area contributed by atoms with Crippen LogP contribution in [0.4, 0.5) is 11.4 Å². The van der Waals surface area contributed by atoms with Crippen molar-refractivity contribution in [1.29, 1.82) is 0 Å². The van der Waals surface area contributed by atoms with E-state index in [1.54, 1.807) is 18.2 Å². The summed E-state index contributed by atoms with van der Waals surface area (Å²) in [5.41, 5.74) is 2.79. The van der Waals surface area contributed by atoms with Crippen molar-refractivity contribution < 1.29 is 18.0 Å². The molecule has 0 aromatic heterocycles. The number of sulfonamides is 1. The van der Waals surface area contributed by atoms with E-state index in [4.69, 9.17) is 0 Å². The molecule has 0 radical (unpaired) electrons. The normalized spacial score (nSPS) is 14.9. The molecule has 0 aliphatic carbocycles. The predicted octanol–water partition coefficient (Wildman–Crippen LogP) is 3.13. The summed E-state index contributed by atoms with van der Waals surface area (Å²) in [4.78, 5) is 26.7. The Morgan fingerprint density at radius 2 is 1.74 bits per heavy atom. The van der Waals surface area contributed by atoms with E-state index >= 15 is 0 Å². The molecule has 8 heteroatoms. The van der Waals surface area contributed by atoms with Crippen LogP contribution in [0.1, 0.15) is 48.7 Å². The number of anilines is 2. The first-order valence-corrected chi connectivity index (χ1v) is 12.2. The van der Waals surface area contributed by atoms with Gasteiger partial charge in [-0.1, -0.05) is 24.3 Å². The van der Waals surface area contributed by atoms with Crippen LogP contribution < -0.4 is 14.5 Å². The van der Waals surface area contributed by atoms with Gasteiger partial charge in [-0.2, -0.15) is 0 Å². The van der Waals surface area contributed by atoms with Gasteiger partial charge in [0.05, 0.1) is 18.0 Å². The second-order valence-corrected chi connectivity index (χ2v) is 9.86. The highest BCUT2D eigenvalue weighted by Crippen LogP contribution is 2.23.